The predicted molar refractivity (Wildman–Crippen MR) is 93.5 cm³/mol. The van der Waals surface area contributed by atoms with Crippen molar-refractivity contribution < 1.29 is 14.3 Å². The number of imidazole rings is 1. The maximum Gasteiger partial charge on any atom is 0.337 e. The lowest BCUT2D eigenvalue weighted by molar-refractivity contribution is -0.111. The summed E-state index contributed by atoms with van der Waals surface area (Å²) in [4.78, 5) is 28.5. The first kappa shape index (κ1) is 16.2. The Morgan fingerprint density at radius 3 is 3.04 bits per heavy atom. The number of rotatable bonds is 4. The number of benzene rings is 1. The first-order valence-corrected chi connectivity index (χ1v) is 8.13. The normalized spacial score (nSPS) is 11.1. The summed E-state index contributed by atoms with van der Waals surface area (Å²) in [6, 6.07) is 6.49. The number of esters is 1. The van der Waals surface area contributed by atoms with E-state index in [9.17, 15) is 9.59 Å². The van der Waals surface area contributed by atoms with E-state index in [1.807, 2.05) is 11.6 Å². The van der Waals surface area contributed by atoms with Crippen LogP contribution >= 0.6 is 22.9 Å². The summed E-state index contributed by atoms with van der Waals surface area (Å²) in [6.07, 6.45) is 4.78. The van der Waals surface area contributed by atoms with Crippen LogP contribution in [0.15, 0.2) is 41.9 Å². The van der Waals surface area contributed by atoms with Crippen LogP contribution in [0.2, 0.25) is 5.15 Å². The van der Waals surface area contributed by atoms with Gasteiger partial charge in [-0.3, -0.25) is 9.20 Å². The van der Waals surface area contributed by atoms with Crippen molar-refractivity contribution in [3.63, 3.8) is 0 Å². The molecule has 0 radical (unpaired) electrons. The monoisotopic (exact) mass is 361 g/mol. The van der Waals surface area contributed by atoms with E-state index in [4.69, 9.17) is 11.6 Å². The second-order valence-corrected chi connectivity index (χ2v) is 5.97. The molecule has 1 N–H and O–H groups in total. The van der Waals surface area contributed by atoms with Gasteiger partial charge in [0, 0.05) is 23.3 Å². The van der Waals surface area contributed by atoms with E-state index in [-0.39, 0.29) is 5.91 Å². The predicted octanol–water partition coefficient (Wildman–Crippen LogP) is 3.49. The third-order valence-corrected chi connectivity index (χ3v) is 4.23. The Morgan fingerprint density at radius 1 is 1.42 bits per heavy atom. The van der Waals surface area contributed by atoms with Gasteiger partial charge in [0.05, 0.1) is 18.4 Å². The van der Waals surface area contributed by atoms with E-state index in [2.05, 4.69) is 15.0 Å². The van der Waals surface area contributed by atoms with Gasteiger partial charge < -0.3 is 10.1 Å². The van der Waals surface area contributed by atoms with E-state index in [1.54, 1.807) is 34.7 Å². The van der Waals surface area contributed by atoms with Crippen molar-refractivity contribution in [3.05, 3.63) is 58.3 Å². The highest BCUT2D eigenvalue weighted by Gasteiger charge is 2.09. The third-order valence-electron chi connectivity index (χ3n) is 3.20. The zero-order valence-corrected chi connectivity index (χ0v) is 14.1. The Morgan fingerprint density at radius 2 is 2.25 bits per heavy atom. The Bertz CT molecular complexity index is 945. The number of hydrogen-bond acceptors (Lipinski definition) is 5. The number of fused-ring (bicyclic) bond motifs is 1. The molecule has 0 atom stereocenters. The first-order chi connectivity index (χ1) is 11.6. The van der Waals surface area contributed by atoms with Crippen molar-refractivity contribution in [1.82, 2.24) is 9.38 Å². The molecule has 2 aromatic heterocycles. The summed E-state index contributed by atoms with van der Waals surface area (Å²) in [6.45, 7) is 0. The average Bonchev–Trinajstić information content (AvgIpc) is 3.13. The molecule has 0 aliphatic carbocycles. The molecular formula is C16H12ClN3O3S. The number of thiazole rings is 1. The van der Waals surface area contributed by atoms with E-state index in [0.717, 1.165) is 4.96 Å². The number of anilines is 1. The van der Waals surface area contributed by atoms with Crippen LogP contribution in [-0.2, 0) is 9.53 Å². The molecule has 0 bridgehead atoms. The van der Waals surface area contributed by atoms with Gasteiger partial charge in [0.25, 0.3) is 0 Å². The average molecular weight is 362 g/mol. The van der Waals surface area contributed by atoms with Crippen molar-refractivity contribution in [2.45, 2.75) is 0 Å². The number of amides is 1. The van der Waals surface area contributed by atoms with Crippen molar-refractivity contribution >= 4 is 51.5 Å². The summed E-state index contributed by atoms with van der Waals surface area (Å²) < 4.78 is 6.45. The molecule has 6 nitrogen and oxygen atoms in total. The van der Waals surface area contributed by atoms with E-state index in [1.165, 1.54) is 24.5 Å². The van der Waals surface area contributed by atoms with E-state index in [0.29, 0.717) is 22.1 Å². The molecule has 0 saturated heterocycles. The Labute approximate surface area is 146 Å². The highest BCUT2D eigenvalue weighted by atomic mass is 35.5. The van der Waals surface area contributed by atoms with Gasteiger partial charge >= 0.3 is 5.97 Å². The molecule has 24 heavy (non-hydrogen) atoms. The lowest BCUT2D eigenvalue weighted by Crippen LogP contribution is -2.09. The zero-order valence-electron chi connectivity index (χ0n) is 12.5. The topological polar surface area (TPSA) is 72.7 Å². The highest BCUT2D eigenvalue weighted by Crippen LogP contribution is 2.22. The molecular weight excluding hydrogens is 350 g/mol. The molecule has 0 saturated carbocycles. The van der Waals surface area contributed by atoms with Crippen LogP contribution < -0.4 is 5.32 Å². The molecule has 0 aliphatic rings. The van der Waals surface area contributed by atoms with Gasteiger partial charge in [-0.15, -0.1) is 11.3 Å². The zero-order chi connectivity index (χ0) is 17.1. The van der Waals surface area contributed by atoms with Crippen LogP contribution in [-0.4, -0.2) is 28.4 Å². The minimum atomic E-state index is -0.465. The number of carbonyl (C=O) groups excluding carboxylic acids is 2. The molecule has 3 rings (SSSR count). The fourth-order valence-corrected chi connectivity index (χ4v) is 3.11. The smallest absolute Gasteiger partial charge is 0.337 e. The highest BCUT2D eigenvalue weighted by molar-refractivity contribution is 7.15. The number of nitrogens with zero attached hydrogens (tertiary/aromatic N) is 2. The quantitative estimate of drug-likeness (QED) is 0.570. The molecule has 0 aliphatic heterocycles. The summed E-state index contributed by atoms with van der Waals surface area (Å²) >= 11 is 7.52. The minimum absolute atomic E-state index is 0.332. The largest absolute Gasteiger partial charge is 0.465 e. The van der Waals surface area contributed by atoms with Gasteiger partial charge in [-0.05, 0) is 24.3 Å². The standard InChI is InChI=1S/C16H12ClN3O3S/c1-23-15(22)10-3-2-4-11(9-10)18-13(21)6-5-12-14(17)19-16-20(12)7-8-24-16/h2-9H,1H3,(H,18,21)/b6-5+. The number of nitrogens with one attached hydrogen (secondary N) is 1. The Balaban J connectivity index is 1.75. The van der Waals surface area contributed by atoms with Gasteiger partial charge in [0.2, 0.25) is 5.91 Å². The molecule has 0 fully saturated rings. The van der Waals surface area contributed by atoms with Crippen LogP contribution in [0.1, 0.15) is 16.1 Å². The molecule has 0 spiro atoms. The minimum Gasteiger partial charge on any atom is -0.465 e. The number of halogens is 1. The van der Waals surface area contributed by atoms with Crippen LogP contribution in [0.4, 0.5) is 5.69 Å². The van der Waals surface area contributed by atoms with E-state index < -0.39 is 5.97 Å². The summed E-state index contributed by atoms with van der Waals surface area (Å²) in [5.41, 5.74) is 1.48. The van der Waals surface area contributed by atoms with Crippen molar-refractivity contribution in [2.24, 2.45) is 0 Å². The van der Waals surface area contributed by atoms with Gasteiger partial charge in [-0.2, -0.15) is 0 Å². The second-order valence-electron chi connectivity index (χ2n) is 4.74. The summed E-state index contributed by atoms with van der Waals surface area (Å²) in [5, 5.41) is 4.90. The van der Waals surface area contributed by atoms with Crippen molar-refractivity contribution in [1.29, 1.82) is 0 Å². The van der Waals surface area contributed by atoms with Crippen LogP contribution in [0.5, 0.6) is 0 Å². The molecule has 1 amide bonds. The fourth-order valence-electron chi connectivity index (χ4n) is 2.11. The van der Waals surface area contributed by atoms with Gasteiger partial charge in [0.15, 0.2) is 10.1 Å². The van der Waals surface area contributed by atoms with Crippen molar-refractivity contribution in [3.8, 4) is 0 Å². The van der Waals surface area contributed by atoms with Gasteiger partial charge in [0.1, 0.15) is 0 Å². The maximum atomic E-state index is 12.1. The summed E-state index contributed by atoms with van der Waals surface area (Å²) in [7, 11) is 1.30. The van der Waals surface area contributed by atoms with Crippen LogP contribution in [0.25, 0.3) is 11.0 Å². The van der Waals surface area contributed by atoms with Crippen LogP contribution in [0, 0.1) is 0 Å². The maximum absolute atomic E-state index is 12.1. The third kappa shape index (κ3) is 3.32. The first-order valence-electron chi connectivity index (χ1n) is 6.87. The molecule has 0 unspecified atom stereocenters. The lowest BCUT2D eigenvalue weighted by Gasteiger charge is -2.04. The number of hydrogen-bond donors (Lipinski definition) is 1. The number of aromatic nitrogens is 2. The molecule has 3 aromatic rings. The SMILES string of the molecule is COC(=O)c1cccc(NC(=O)/C=C/c2c(Cl)nc3sccn23)c1. The fraction of sp³-hybridized carbons (Fsp3) is 0.0625. The Hall–Kier alpha value is -2.64. The second kappa shape index (κ2) is 6.86. The number of carbonyl (C=O) groups is 2. The molecule has 2 heterocycles. The number of ether oxygens (including phenoxy) is 1. The van der Waals surface area contributed by atoms with Gasteiger partial charge in [-0.1, -0.05) is 17.7 Å². The van der Waals surface area contributed by atoms with Crippen LogP contribution in [0.3, 0.4) is 0 Å². The van der Waals surface area contributed by atoms with Crippen molar-refractivity contribution in [2.75, 3.05) is 12.4 Å². The summed E-state index contributed by atoms with van der Waals surface area (Å²) in [5.74, 6) is -0.814. The van der Waals surface area contributed by atoms with E-state index >= 15 is 0 Å². The molecule has 1 aromatic carbocycles. The lowest BCUT2D eigenvalue weighted by atomic mass is 10.2. The molecule has 122 valence electrons. The Kier molecular flexibility index (Phi) is 4.64. The molecule has 8 heteroatoms. The van der Waals surface area contributed by atoms with Gasteiger partial charge in [-0.25, -0.2) is 9.78 Å². The number of methoxy groups -OCH3 is 1.